The second-order valence-electron chi connectivity index (χ2n) is 4.33. The molecule has 0 saturated carbocycles. The van der Waals surface area contributed by atoms with E-state index in [1.165, 1.54) is 18.4 Å². The van der Waals surface area contributed by atoms with Crippen molar-refractivity contribution < 1.29 is 9.47 Å². The van der Waals surface area contributed by atoms with Crippen LogP contribution in [0.15, 0.2) is 11.8 Å². The lowest BCUT2D eigenvalue weighted by Gasteiger charge is -2.25. The van der Waals surface area contributed by atoms with Crippen LogP contribution in [-0.4, -0.2) is 12.9 Å². The third-order valence-corrected chi connectivity index (χ3v) is 3.09. The molecule has 1 heterocycles. The molecule has 0 bridgehead atoms. The van der Waals surface area contributed by atoms with Crippen LogP contribution < -0.4 is 0 Å². The van der Waals surface area contributed by atoms with Gasteiger partial charge in [-0.3, -0.25) is 0 Å². The Kier molecular flexibility index (Phi) is 5.77. The van der Waals surface area contributed by atoms with Crippen LogP contribution in [0, 0.1) is 5.92 Å². The van der Waals surface area contributed by atoms with E-state index in [2.05, 4.69) is 20.8 Å². The van der Waals surface area contributed by atoms with Crippen LogP contribution in [0.1, 0.15) is 52.9 Å². The third kappa shape index (κ3) is 4.25. The highest BCUT2D eigenvalue weighted by Crippen LogP contribution is 2.26. The van der Waals surface area contributed by atoms with Crippen molar-refractivity contribution in [3.63, 3.8) is 0 Å². The summed E-state index contributed by atoms with van der Waals surface area (Å²) in [7, 11) is 0. The maximum Gasteiger partial charge on any atom is 0.199 e. The molecule has 2 heteroatoms. The monoisotopic (exact) mass is 212 g/mol. The molecule has 0 N–H and O–H groups in total. The number of ether oxygens (including phenoxy) is 2. The highest BCUT2D eigenvalue weighted by atomic mass is 16.7. The normalized spacial score (nSPS) is 23.1. The predicted molar refractivity (Wildman–Crippen MR) is 62.5 cm³/mol. The van der Waals surface area contributed by atoms with Gasteiger partial charge in [-0.2, -0.15) is 0 Å². The molecule has 0 radical (unpaired) electrons. The van der Waals surface area contributed by atoms with Gasteiger partial charge in [-0.05, 0) is 30.8 Å². The van der Waals surface area contributed by atoms with E-state index in [9.17, 15) is 0 Å². The molecule has 0 aromatic carbocycles. The molecule has 0 spiro atoms. The van der Waals surface area contributed by atoms with E-state index < -0.39 is 0 Å². The molecule has 0 aliphatic carbocycles. The van der Waals surface area contributed by atoms with Gasteiger partial charge >= 0.3 is 0 Å². The van der Waals surface area contributed by atoms with Crippen LogP contribution in [0.2, 0.25) is 0 Å². The van der Waals surface area contributed by atoms with E-state index in [0.717, 1.165) is 25.9 Å². The summed E-state index contributed by atoms with van der Waals surface area (Å²) in [6, 6.07) is 0. The maximum atomic E-state index is 5.62. The van der Waals surface area contributed by atoms with E-state index in [1.807, 2.05) is 6.26 Å². The van der Waals surface area contributed by atoms with Gasteiger partial charge in [0.2, 0.25) is 0 Å². The molecule has 1 aliphatic rings. The van der Waals surface area contributed by atoms with Crippen LogP contribution in [0.25, 0.3) is 0 Å². The minimum atomic E-state index is 0.00403. The smallest absolute Gasteiger partial charge is 0.199 e. The average Bonchev–Trinajstić information content (AvgIpc) is 2.29. The van der Waals surface area contributed by atoms with Crippen molar-refractivity contribution in [3.8, 4) is 0 Å². The van der Waals surface area contributed by atoms with Gasteiger partial charge in [-0.25, -0.2) is 0 Å². The molecule has 0 saturated heterocycles. The third-order valence-electron chi connectivity index (χ3n) is 3.09. The summed E-state index contributed by atoms with van der Waals surface area (Å²) in [6.45, 7) is 7.47. The van der Waals surface area contributed by atoms with Crippen molar-refractivity contribution in [2.75, 3.05) is 6.61 Å². The Morgan fingerprint density at radius 2 is 2.33 bits per heavy atom. The molecule has 2 nitrogen and oxygen atoms in total. The number of hydrogen-bond donors (Lipinski definition) is 0. The quantitative estimate of drug-likeness (QED) is 0.622. The summed E-state index contributed by atoms with van der Waals surface area (Å²) in [5.74, 6) is 0.654. The first-order valence-electron chi connectivity index (χ1n) is 6.23. The molecule has 15 heavy (non-hydrogen) atoms. The highest BCUT2D eigenvalue weighted by Gasteiger charge is 2.18. The zero-order chi connectivity index (χ0) is 11.1. The van der Waals surface area contributed by atoms with Gasteiger partial charge in [0.1, 0.15) is 0 Å². The molecule has 88 valence electrons. The van der Waals surface area contributed by atoms with E-state index in [1.54, 1.807) is 0 Å². The Morgan fingerprint density at radius 1 is 1.53 bits per heavy atom. The summed E-state index contributed by atoms with van der Waals surface area (Å²) >= 11 is 0. The molecule has 2 atom stereocenters. The van der Waals surface area contributed by atoms with Gasteiger partial charge in [-0.1, -0.05) is 27.2 Å². The lowest BCUT2D eigenvalue weighted by Crippen LogP contribution is -2.20. The van der Waals surface area contributed by atoms with Crippen LogP contribution >= 0.6 is 0 Å². The van der Waals surface area contributed by atoms with Crippen molar-refractivity contribution in [1.82, 2.24) is 0 Å². The molecule has 2 unspecified atom stereocenters. The first-order valence-corrected chi connectivity index (χ1v) is 6.23. The van der Waals surface area contributed by atoms with Crippen molar-refractivity contribution in [2.45, 2.75) is 59.2 Å². The van der Waals surface area contributed by atoms with Crippen molar-refractivity contribution in [1.29, 1.82) is 0 Å². The number of rotatable bonds is 6. The number of unbranched alkanes of at least 4 members (excludes halogenated alkanes) is 1. The highest BCUT2D eigenvalue weighted by molar-refractivity contribution is 5.04. The molecule has 0 aromatic heterocycles. The SMILES string of the molecule is CCCCOC1CCC(C(C)CC)=CO1. The lowest BCUT2D eigenvalue weighted by molar-refractivity contribution is -0.118. The van der Waals surface area contributed by atoms with Crippen LogP contribution in [0.4, 0.5) is 0 Å². The molecule has 1 rings (SSSR count). The Balaban J connectivity index is 2.24. The summed E-state index contributed by atoms with van der Waals surface area (Å²) in [5, 5.41) is 0. The Morgan fingerprint density at radius 3 is 2.87 bits per heavy atom. The zero-order valence-corrected chi connectivity index (χ0v) is 10.3. The van der Waals surface area contributed by atoms with E-state index in [0.29, 0.717) is 5.92 Å². The van der Waals surface area contributed by atoms with E-state index >= 15 is 0 Å². The molecular weight excluding hydrogens is 188 g/mol. The Bertz CT molecular complexity index is 199. The summed E-state index contributed by atoms with van der Waals surface area (Å²) in [4.78, 5) is 0. The minimum absolute atomic E-state index is 0.00403. The van der Waals surface area contributed by atoms with Crippen LogP contribution in [0.3, 0.4) is 0 Å². The Hall–Kier alpha value is -0.500. The van der Waals surface area contributed by atoms with Crippen LogP contribution in [0.5, 0.6) is 0 Å². The molecule has 1 aliphatic heterocycles. The minimum Gasteiger partial charge on any atom is -0.473 e. The largest absolute Gasteiger partial charge is 0.473 e. The van der Waals surface area contributed by atoms with E-state index in [4.69, 9.17) is 9.47 Å². The summed E-state index contributed by atoms with van der Waals surface area (Å²) < 4.78 is 11.2. The van der Waals surface area contributed by atoms with Gasteiger partial charge < -0.3 is 9.47 Å². The second kappa shape index (κ2) is 6.89. The first kappa shape index (κ1) is 12.6. The van der Waals surface area contributed by atoms with E-state index in [-0.39, 0.29) is 6.29 Å². The zero-order valence-electron chi connectivity index (χ0n) is 10.3. The van der Waals surface area contributed by atoms with Gasteiger partial charge in [-0.15, -0.1) is 0 Å². The standard InChI is InChI=1S/C13H24O2/c1-4-6-9-14-13-8-7-12(10-15-13)11(3)5-2/h10-11,13H,4-9H2,1-3H3. The first-order chi connectivity index (χ1) is 7.27. The predicted octanol–water partition coefficient (Wildman–Crippen LogP) is 3.87. The van der Waals surface area contributed by atoms with Gasteiger partial charge in [0, 0.05) is 6.42 Å². The fraction of sp³-hybridized carbons (Fsp3) is 0.846. The van der Waals surface area contributed by atoms with Gasteiger partial charge in [0.05, 0.1) is 12.9 Å². The molecular formula is C13H24O2. The second-order valence-corrected chi connectivity index (χ2v) is 4.33. The van der Waals surface area contributed by atoms with Gasteiger partial charge in [0.15, 0.2) is 6.29 Å². The van der Waals surface area contributed by atoms with Crippen molar-refractivity contribution >= 4 is 0 Å². The fourth-order valence-electron chi connectivity index (χ4n) is 1.68. The fourth-order valence-corrected chi connectivity index (χ4v) is 1.68. The van der Waals surface area contributed by atoms with Gasteiger partial charge in [0.25, 0.3) is 0 Å². The lowest BCUT2D eigenvalue weighted by atomic mass is 9.94. The molecule has 0 aromatic rings. The van der Waals surface area contributed by atoms with Crippen molar-refractivity contribution in [2.24, 2.45) is 5.92 Å². The van der Waals surface area contributed by atoms with Crippen LogP contribution in [-0.2, 0) is 9.47 Å². The summed E-state index contributed by atoms with van der Waals surface area (Å²) in [5.41, 5.74) is 1.44. The number of allylic oxidation sites excluding steroid dienone is 1. The maximum absolute atomic E-state index is 5.62. The number of hydrogen-bond acceptors (Lipinski definition) is 2. The summed E-state index contributed by atoms with van der Waals surface area (Å²) in [6.07, 6.45) is 7.57. The average molecular weight is 212 g/mol. The molecule has 0 fully saturated rings. The molecule has 0 amide bonds. The topological polar surface area (TPSA) is 18.5 Å². The Labute approximate surface area is 93.7 Å². The van der Waals surface area contributed by atoms with Crippen molar-refractivity contribution in [3.05, 3.63) is 11.8 Å².